The molecule has 1 aromatic heterocycles. The Morgan fingerprint density at radius 2 is 1.32 bits per heavy atom. The van der Waals surface area contributed by atoms with Gasteiger partial charge in [-0.3, -0.25) is 15.0 Å². The average molecular weight is 372 g/mol. The summed E-state index contributed by atoms with van der Waals surface area (Å²) in [6, 6.07) is 12.0. The van der Waals surface area contributed by atoms with E-state index in [9.17, 15) is 4.79 Å². The van der Waals surface area contributed by atoms with Crippen molar-refractivity contribution >= 4 is 5.78 Å². The summed E-state index contributed by atoms with van der Waals surface area (Å²) in [6.07, 6.45) is 16.8. The van der Waals surface area contributed by atoms with Crippen LogP contribution in [0.5, 0.6) is 5.75 Å². The summed E-state index contributed by atoms with van der Waals surface area (Å²) in [4.78, 5) is 14.8. The molecule has 0 fully saturated rings. The molecule has 4 rings (SSSR count). The summed E-state index contributed by atoms with van der Waals surface area (Å²) in [6.45, 7) is 0. The molecule has 140 valence electrons. The number of carbonyl (C=O) groups is 1. The number of ketones is 1. The zero-order valence-electron chi connectivity index (χ0n) is 15.4. The van der Waals surface area contributed by atoms with Crippen molar-refractivity contribution in [3.05, 3.63) is 109 Å². The van der Waals surface area contributed by atoms with Crippen LogP contribution in [0.25, 0.3) is 11.1 Å². The van der Waals surface area contributed by atoms with Gasteiger partial charge in [-0.25, -0.2) is 5.06 Å². The van der Waals surface area contributed by atoms with Crippen molar-refractivity contribution in [2.75, 3.05) is 7.11 Å². The summed E-state index contributed by atoms with van der Waals surface area (Å²) >= 11 is 0. The van der Waals surface area contributed by atoms with Crippen LogP contribution < -0.4 is 4.74 Å². The Bertz CT molecular complexity index is 935. The predicted octanol–water partition coefficient (Wildman–Crippen LogP) is 4.47. The number of rotatable bonds is 2. The molecule has 0 bridgehead atoms. The largest absolute Gasteiger partial charge is 0.497 e. The van der Waals surface area contributed by atoms with Crippen LogP contribution in [0, 0.1) is 0 Å². The molecule has 1 aliphatic carbocycles. The molecule has 5 heteroatoms. The van der Waals surface area contributed by atoms with Crippen LogP contribution in [0.2, 0.25) is 0 Å². The molecule has 0 unspecified atom stereocenters. The van der Waals surface area contributed by atoms with Crippen molar-refractivity contribution in [2.45, 2.75) is 0 Å². The second-order valence-electron chi connectivity index (χ2n) is 5.96. The molecule has 2 heterocycles. The minimum atomic E-state index is 0.00176. The van der Waals surface area contributed by atoms with E-state index in [-0.39, 0.29) is 5.78 Å². The molecule has 0 saturated carbocycles. The molecule has 2 aromatic rings. The molecule has 0 amide bonds. The SMILES string of the molecule is COc1ccc(-c2ccncc2)cc1.O=C1C=CC(=C2C=CN(O)C=C2)C=C1. The molecule has 5 nitrogen and oxygen atoms in total. The van der Waals surface area contributed by atoms with Crippen LogP contribution in [0.3, 0.4) is 0 Å². The highest BCUT2D eigenvalue weighted by atomic mass is 16.5. The quantitative estimate of drug-likeness (QED) is 0.843. The fourth-order valence-corrected chi connectivity index (χ4v) is 2.59. The summed E-state index contributed by atoms with van der Waals surface area (Å²) in [7, 11) is 1.67. The number of ether oxygens (including phenoxy) is 1. The minimum Gasteiger partial charge on any atom is -0.497 e. The van der Waals surface area contributed by atoms with Gasteiger partial charge in [-0.05, 0) is 70.8 Å². The van der Waals surface area contributed by atoms with E-state index in [1.807, 2.05) is 36.4 Å². The Labute approximate surface area is 163 Å². The Balaban J connectivity index is 0.000000161. The lowest BCUT2D eigenvalue weighted by atomic mass is 10.0. The van der Waals surface area contributed by atoms with Gasteiger partial charge in [-0.2, -0.15) is 0 Å². The molecule has 1 N–H and O–H groups in total. The second kappa shape index (κ2) is 9.30. The average Bonchev–Trinajstić information content (AvgIpc) is 2.76. The summed E-state index contributed by atoms with van der Waals surface area (Å²) in [5.41, 5.74) is 4.27. The molecule has 0 atom stereocenters. The number of pyridine rings is 1. The Morgan fingerprint density at radius 1 is 0.786 bits per heavy atom. The van der Waals surface area contributed by atoms with Gasteiger partial charge in [-0.1, -0.05) is 24.3 Å². The number of hydroxylamine groups is 2. The molecule has 28 heavy (non-hydrogen) atoms. The molecule has 0 spiro atoms. The van der Waals surface area contributed by atoms with Gasteiger partial charge in [0.15, 0.2) is 5.78 Å². The Morgan fingerprint density at radius 3 is 1.89 bits per heavy atom. The van der Waals surface area contributed by atoms with E-state index in [0.717, 1.165) is 22.0 Å². The molecule has 1 aromatic carbocycles. The van der Waals surface area contributed by atoms with Gasteiger partial charge < -0.3 is 4.74 Å². The maximum atomic E-state index is 10.9. The Kier molecular flexibility index (Phi) is 6.33. The Hall–Kier alpha value is -3.70. The van der Waals surface area contributed by atoms with Crippen LogP contribution in [-0.2, 0) is 4.79 Å². The number of aromatic nitrogens is 1. The van der Waals surface area contributed by atoms with Crippen molar-refractivity contribution in [1.82, 2.24) is 10.0 Å². The molecular weight excluding hydrogens is 352 g/mol. The summed E-state index contributed by atoms with van der Waals surface area (Å²) < 4.78 is 5.09. The third kappa shape index (κ3) is 5.16. The van der Waals surface area contributed by atoms with Crippen LogP contribution >= 0.6 is 0 Å². The molecule has 1 aliphatic heterocycles. The van der Waals surface area contributed by atoms with E-state index in [0.29, 0.717) is 0 Å². The molecule has 0 radical (unpaired) electrons. The standard InChI is InChI=1S/C12H11NO.C11H9NO2/c1-14-12-4-2-10(3-5-12)11-6-8-13-9-7-11;13-11-3-1-9(2-4-11)10-5-7-12(14)8-6-10/h2-9H,1H3;1-8,14H. The van der Waals surface area contributed by atoms with E-state index in [1.165, 1.54) is 23.3 Å². The van der Waals surface area contributed by atoms with Crippen molar-refractivity contribution in [3.63, 3.8) is 0 Å². The van der Waals surface area contributed by atoms with Gasteiger partial charge in [0.25, 0.3) is 0 Å². The zero-order chi connectivity index (χ0) is 19.8. The first-order valence-electron chi connectivity index (χ1n) is 8.68. The normalized spacial score (nSPS) is 14.8. The lowest BCUT2D eigenvalue weighted by molar-refractivity contribution is -0.110. The van der Waals surface area contributed by atoms with E-state index in [4.69, 9.17) is 9.94 Å². The van der Waals surface area contributed by atoms with E-state index < -0.39 is 0 Å². The van der Waals surface area contributed by atoms with Gasteiger partial charge in [0.1, 0.15) is 5.75 Å². The number of benzene rings is 1. The fourth-order valence-electron chi connectivity index (χ4n) is 2.59. The number of hydrogen-bond acceptors (Lipinski definition) is 5. The number of methoxy groups -OCH3 is 1. The van der Waals surface area contributed by atoms with Gasteiger partial charge in [-0.15, -0.1) is 0 Å². The topological polar surface area (TPSA) is 62.7 Å². The molecular formula is C23H20N2O3. The molecule has 2 aliphatic rings. The van der Waals surface area contributed by atoms with E-state index in [2.05, 4.69) is 4.98 Å². The van der Waals surface area contributed by atoms with Gasteiger partial charge in [0, 0.05) is 24.8 Å². The maximum absolute atomic E-state index is 10.9. The van der Waals surface area contributed by atoms with Crippen LogP contribution in [0.15, 0.2) is 109 Å². The van der Waals surface area contributed by atoms with Gasteiger partial charge in [0.05, 0.1) is 7.11 Å². The first-order chi connectivity index (χ1) is 13.7. The number of allylic oxidation sites excluding steroid dienone is 8. The van der Waals surface area contributed by atoms with Crippen LogP contribution in [0.4, 0.5) is 0 Å². The highest BCUT2D eigenvalue weighted by molar-refractivity contribution is 6.01. The lowest BCUT2D eigenvalue weighted by Gasteiger charge is -2.12. The highest BCUT2D eigenvalue weighted by Gasteiger charge is 2.04. The molecule has 0 saturated heterocycles. The fraction of sp³-hybridized carbons (Fsp3) is 0.0435. The van der Waals surface area contributed by atoms with E-state index in [1.54, 1.807) is 56.2 Å². The maximum Gasteiger partial charge on any atom is 0.178 e. The van der Waals surface area contributed by atoms with E-state index >= 15 is 0 Å². The number of nitrogens with zero attached hydrogens (tertiary/aromatic N) is 2. The number of hydrogen-bond donors (Lipinski definition) is 1. The van der Waals surface area contributed by atoms with Crippen molar-refractivity contribution in [1.29, 1.82) is 0 Å². The predicted molar refractivity (Wildman–Crippen MR) is 108 cm³/mol. The lowest BCUT2D eigenvalue weighted by Crippen LogP contribution is -2.05. The second-order valence-corrected chi connectivity index (χ2v) is 5.96. The summed E-state index contributed by atoms with van der Waals surface area (Å²) in [5, 5.41) is 9.99. The zero-order valence-corrected chi connectivity index (χ0v) is 15.4. The van der Waals surface area contributed by atoms with Crippen LogP contribution in [-0.4, -0.2) is 28.1 Å². The van der Waals surface area contributed by atoms with Crippen LogP contribution in [0.1, 0.15) is 0 Å². The smallest absolute Gasteiger partial charge is 0.178 e. The first-order valence-corrected chi connectivity index (χ1v) is 8.68. The highest BCUT2D eigenvalue weighted by Crippen LogP contribution is 2.21. The minimum absolute atomic E-state index is 0.00176. The van der Waals surface area contributed by atoms with Gasteiger partial charge >= 0.3 is 0 Å². The monoisotopic (exact) mass is 372 g/mol. The summed E-state index contributed by atoms with van der Waals surface area (Å²) in [5.74, 6) is 0.879. The third-order valence-electron chi connectivity index (χ3n) is 4.10. The van der Waals surface area contributed by atoms with Crippen molar-refractivity contribution < 1.29 is 14.7 Å². The van der Waals surface area contributed by atoms with Crippen molar-refractivity contribution in [3.8, 4) is 16.9 Å². The van der Waals surface area contributed by atoms with Gasteiger partial charge in [0.2, 0.25) is 0 Å². The van der Waals surface area contributed by atoms with Crippen molar-refractivity contribution in [2.24, 2.45) is 0 Å². The first kappa shape index (κ1) is 19.1. The number of carbonyl (C=O) groups excluding carboxylic acids is 1. The third-order valence-corrected chi connectivity index (χ3v) is 4.10.